The highest BCUT2D eigenvalue weighted by Gasteiger charge is 2.20. The Bertz CT molecular complexity index is 1080. The average Bonchev–Trinajstić information content (AvgIpc) is 2.93. The number of benzene rings is 2. The van der Waals surface area contributed by atoms with E-state index >= 15 is 0 Å². The maximum absolute atomic E-state index is 13.0. The zero-order chi connectivity index (χ0) is 18.3. The number of carbonyl (C=O) groups excluding carboxylic acids is 1. The lowest BCUT2D eigenvalue weighted by atomic mass is 10.0. The van der Waals surface area contributed by atoms with Crippen LogP contribution in [-0.4, -0.2) is 21.5 Å². The van der Waals surface area contributed by atoms with Gasteiger partial charge in [-0.25, -0.2) is 0 Å². The highest BCUT2D eigenvalue weighted by atomic mass is 16.6. The first-order valence-electron chi connectivity index (χ1n) is 8.15. The number of aliphatic imine (C=N–C) groups is 1. The molecule has 128 valence electrons. The summed E-state index contributed by atoms with van der Waals surface area (Å²) in [6, 6.07) is 14.1. The van der Waals surface area contributed by atoms with Gasteiger partial charge >= 0.3 is 0 Å². The molecule has 0 bridgehead atoms. The van der Waals surface area contributed by atoms with E-state index in [1.807, 2.05) is 35.0 Å². The SMILES string of the molecule is Cc1cc(C(=O)c2ccn3c2C=Nc2ccccc2C3)ccc1[N+](=O)[O-]. The van der Waals surface area contributed by atoms with Crippen molar-refractivity contribution in [2.45, 2.75) is 13.5 Å². The van der Waals surface area contributed by atoms with Crippen LogP contribution in [0.5, 0.6) is 0 Å². The summed E-state index contributed by atoms with van der Waals surface area (Å²) in [5.74, 6) is -0.172. The summed E-state index contributed by atoms with van der Waals surface area (Å²) in [4.78, 5) is 28.0. The fourth-order valence-electron chi connectivity index (χ4n) is 3.20. The molecule has 6 heteroatoms. The molecular formula is C20H15N3O3. The Morgan fingerprint density at radius 3 is 2.77 bits per heavy atom. The second-order valence-electron chi connectivity index (χ2n) is 6.22. The molecule has 2 aromatic carbocycles. The summed E-state index contributed by atoms with van der Waals surface area (Å²) in [6.07, 6.45) is 3.58. The number of hydrogen-bond donors (Lipinski definition) is 0. The Morgan fingerprint density at radius 1 is 1.19 bits per heavy atom. The third kappa shape index (κ3) is 2.61. The first kappa shape index (κ1) is 16.0. The van der Waals surface area contributed by atoms with Crippen molar-refractivity contribution in [1.82, 2.24) is 4.57 Å². The summed E-state index contributed by atoms with van der Waals surface area (Å²) in [7, 11) is 0. The molecule has 0 fully saturated rings. The number of para-hydroxylation sites is 1. The fourth-order valence-corrected chi connectivity index (χ4v) is 3.20. The van der Waals surface area contributed by atoms with Crippen LogP contribution >= 0.6 is 0 Å². The molecule has 0 radical (unpaired) electrons. The van der Waals surface area contributed by atoms with Crippen LogP contribution in [0.25, 0.3) is 0 Å². The van der Waals surface area contributed by atoms with Gasteiger partial charge in [-0.2, -0.15) is 0 Å². The average molecular weight is 345 g/mol. The molecule has 0 unspecified atom stereocenters. The molecule has 0 N–H and O–H groups in total. The fraction of sp³-hybridized carbons (Fsp3) is 0.100. The first-order valence-corrected chi connectivity index (χ1v) is 8.15. The Labute approximate surface area is 149 Å². The molecule has 0 saturated heterocycles. The number of nitro benzene ring substituents is 1. The molecular weight excluding hydrogens is 330 g/mol. The summed E-state index contributed by atoms with van der Waals surface area (Å²) < 4.78 is 1.99. The summed E-state index contributed by atoms with van der Waals surface area (Å²) >= 11 is 0. The largest absolute Gasteiger partial charge is 0.342 e. The minimum absolute atomic E-state index is 0.00859. The van der Waals surface area contributed by atoms with Crippen LogP contribution in [0.1, 0.15) is 32.7 Å². The van der Waals surface area contributed by atoms with Gasteiger partial charge in [0, 0.05) is 35.5 Å². The number of fused-ring (bicyclic) bond motifs is 2. The molecule has 4 rings (SSSR count). The van der Waals surface area contributed by atoms with Crippen LogP contribution in [0.4, 0.5) is 11.4 Å². The van der Waals surface area contributed by atoms with Crippen LogP contribution in [0.2, 0.25) is 0 Å². The molecule has 0 spiro atoms. The lowest BCUT2D eigenvalue weighted by Gasteiger charge is -2.06. The van der Waals surface area contributed by atoms with E-state index in [9.17, 15) is 14.9 Å². The maximum Gasteiger partial charge on any atom is 0.272 e. The molecule has 1 aromatic heterocycles. The Balaban J connectivity index is 1.73. The maximum atomic E-state index is 13.0. The van der Waals surface area contributed by atoms with Crippen molar-refractivity contribution in [3.05, 3.63) is 92.8 Å². The quantitative estimate of drug-likeness (QED) is 0.319. The predicted octanol–water partition coefficient (Wildman–Crippen LogP) is 4.05. The van der Waals surface area contributed by atoms with Gasteiger partial charge in [-0.05, 0) is 36.8 Å². The van der Waals surface area contributed by atoms with Crippen molar-refractivity contribution in [2.24, 2.45) is 4.99 Å². The molecule has 0 amide bonds. The highest BCUT2D eigenvalue weighted by molar-refractivity contribution is 6.13. The Kier molecular flexibility index (Phi) is 3.73. The standard InChI is InChI=1S/C20H15N3O3/c1-13-10-14(6-7-18(13)23(25)26)20(24)16-8-9-22-12-15-4-2-3-5-17(15)21-11-19(16)22/h2-11H,12H2,1H3. The van der Waals surface area contributed by atoms with Crippen LogP contribution in [0.15, 0.2) is 59.7 Å². The molecule has 26 heavy (non-hydrogen) atoms. The van der Waals surface area contributed by atoms with E-state index in [0.29, 0.717) is 23.2 Å². The van der Waals surface area contributed by atoms with Crippen molar-refractivity contribution < 1.29 is 9.72 Å². The van der Waals surface area contributed by atoms with E-state index in [-0.39, 0.29) is 11.5 Å². The Hall–Kier alpha value is -3.54. The molecule has 1 aliphatic heterocycles. The zero-order valence-electron chi connectivity index (χ0n) is 14.0. The second kappa shape index (κ2) is 6.07. The molecule has 0 aliphatic carbocycles. The van der Waals surface area contributed by atoms with Crippen molar-refractivity contribution in [3.8, 4) is 0 Å². The smallest absolute Gasteiger partial charge is 0.272 e. The second-order valence-corrected chi connectivity index (χ2v) is 6.22. The minimum Gasteiger partial charge on any atom is -0.342 e. The van der Waals surface area contributed by atoms with E-state index in [0.717, 1.165) is 16.9 Å². The number of aromatic nitrogens is 1. The molecule has 0 atom stereocenters. The molecule has 3 aromatic rings. The van der Waals surface area contributed by atoms with Gasteiger partial charge in [-0.1, -0.05) is 18.2 Å². The lowest BCUT2D eigenvalue weighted by molar-refractivity contribution is -0.385. The van der Waals surface area contributed by atoms with E-state index in [1.54, 1.807) is 25.3 Å². The first-order chi connectivity index (χ1) is 12.5. The zero-order valence-corrected chi connectivity index (χ0v) is 14.0. The third-order valence-corrected chi connectivity index (χ3v) is 4.57. The molecule has 2 heterocycles. The third-order valence-electron chi connectivity index (χ3n) is 4.57. The minimum atomic E-state index is -0.447. The van der Waals surface area contributed by atoms with Gasteiger partial charge in [0.2, 0.25) is 0 Å². The Morgan fingerprint density at radius 2 is 2.00 bits per heavy atom. The van der Waals surface area contributed by atoms with Gasteiger partial charge < -0.3 is 4.57 Å². The number of nitrogens with zero attached hydrogens (tertiary/aromatic N) is 3. The number of rotatable bonds is 3. The van der Waals surface area contributed by atoms with E-state index in [1.165, 1.54) is 12.1 Å². The van der Waals surface area contributed by atoms with E-state index in [4.69, 9.17) is 0 Å². The number of carbonyl (C=O) groups is 1. The van der Waals surface area contributed by atoms with Gasteiger partial charge in [-0.15, -0.1) is 0 Å². The predicted molar refractivity (Wildman–Crippen MR) is 98.5 cm³/mol. The van der Waals surface area contributed by atoms with Crippen molar-refractivity contribution in [2.75, 3.05) is 0 Å². The van der Waals surface area contributed by atoms with Gasteiger partial charge in [-0.3, -0.25) is 19.9 Å². The number of hydrogen-bond acceptors (Lipinski definition) is 4. The summed E-state index contributed by atoms with van der Waals surface area (Å²) in [5.41, 5.74) is 4.15. The van der Waals surface area contributed by atoms with Crippen LogP contribution < -0.4 is 0 Å². The molecule has 6 nitrogen and oxygen atoms in total. The van der Waals surface area contributed by atoms with Crippen molar-refractivity contribution in [3.63, 3.8) is 0 Å². The van der Waals surface area contributed by atoms with Gasteiger partial charge in [0.25, 0.3) is 5.69 Å². The van der Waals surface area contributed by atoms with Crippen LogP contribution in [-0.2, 0) is 6.54 Å². The lowest BCUT2D eigenvalue weighted by Crippen LogP contribution is -2.08. The van der Waals surface area contributed by atoms with E-state index in [2.05, 4.69) is 4.99 Å². The number of nitro groups is 1. The topological polar surface area (TPSA) is 77.5 Å². The van der Waals surface area contributed by atoms with Gasteiger partial charge in [0.15, 0.2) is 5.78 Å². The molecule has 0 saturated carbocycles. The highest BCUT2D eigenvalue weighted by Crippen LogP contribution is 2.26. The summed E-state index contributed by atoms with van der Waals surface area (Å²) in [6.45, 7) is 2.27. The van der Waals surface area contributed by atoms with Crippen LogP contribution in [0, 0.1) is 17.0 Å². The van der Waals surface area contributed by atoms with E-state index < -0.39 is 4.92 Å². The van der Waals surface area contributed by atoms with Crippen molar-refractivity contribution >= 4 is 23.4 Å². The van der Waals surface area contributed by atoms with Gasteiger partial charge in [0.1, 0.15) is 0 Å². The molecule has 1 aliphatic rings. The number of ketones is 1. The monoisotopic (exact) mass is 345 g/mol. The van der Waals surface area contributed by atoms with Crippen LogP contribution in [0.3, 0.4) is 0 Å². The summed E-state index contributed by atoms with van der Waals surface area (Å²) in [5, 5.41) is 11.0. The van der Waals surface area contributed by atoms with Gasteiger partial charge in [0.05, 0.1) is 22.5 Å². The number of aryl methyl sites for hydroxylation is 1. The van der Waals surface area contributed by atoms with Crippen molar-refractivity contribution in [1.29, 1.82) is 0 Å². The normalized spacial score (nSPS) is 12.2.